The highest BCUT2D eigenvalue weighted by Gasteiger charge is 2.28. The quantitative estimate of drug-likeness (QED) is 0.889. The number of nitrogens with zero attached hydrogens (tertiary/aromatic N) is 1. The molecule has 0 saturated carbocycles. The Kier molecular flexibility index (Phi) is 4.27. The van der Waals surface area contributed by atoms with Gasteiger partial charge in [-0.3, -0.25) is 4.90 Å². The predicted octanol–water partition coefficient (Wildman–Crippen LogP) is 2.26. The van der Waals surface area contributed by atoms with Crippen LogP contribution in [0.4, 0.5) is 10.5 Å². The first-order valence-corrected chi connectivity index (χ1v) is 6.91. The zero-order valence-electron chi connectivity index (χ0n) is 11.8. The van der Waals surface area contributed by atoms with Crippen LogP contribution >= 0.6 is 0 Å². The van der Waals surface area contributed by atoms with Gasteiger partial charge >= 0.3 is 12.0 Å². The molecule has 5 nitrogen and oxygen atoms in total. The SMILES string of the molecule is CC[C@H](NC(=O)N1CC(C)Cc2ccccc21)C(=O)O. The fourth-order valence-electron chi connectivity index (χ4n) is 2.55. The van der Waals surface area contributed by atoms with E-state index in [0.717, 1.165) is 17.7 Å². The second kappa shape index (κ2) is 5.94. The van der Waals surface area contributed by atoms with Gasteiger partial charge in [-0.2, -0.15) is 0 Å². The summed E-state index contributed by atoms with van der Waals surface area (Å²) >= 11 is 0. The maximum absolute atomic E-state index is 12.3. The smallest absolute Gasteiger partial charge is 0.326 e. The monoisotopic (exact) mass is 276 g/mol. The molecule has 2 amide bonds. The highest BCUT2D eigenvalue weighted by atomic mass is 16.4. The average molecular weight is 276 g/mol. The number of fused-ring (bicyclic) bond motifs is 1. The number of carboxylic acid groups (broad SMARTS) is 1. The van der Waals surface area contributed by atoms with Crippen molar-refractivity contribution < 1.29 is 14.7 Å². The van der Waals surface area contributed by atoms with E-state index in [9.17, 15) is 9.59 Å². The molecule has 0 radical (unpaired) electrons. The predicted molar refractivity (Wildman–Crippen MR) is 76.9 cm³/mol. The van der Waals surface area contributed by atoms with Gasteiger partial charge in [0.05, 0.1) is 0 Å². The lowest BCUT2D eigenvalue weighted by molar-refractivity contribution is -0.139. The van der Waals surface area contributed by atoms with E-state index < -0.39 is 12.0 Å². The van der Waals surface area contributed by atoms with E-state index >= 15 is 0 Å². The third-order valence-electron chi connectivity index (χ3n) is 3.59. The minimum atomic E-state index is -1.00. The molecule has 0 bridgehead atoms. The summed E-state index contributed by atoms with van der Waals surface area (Å²) in [4.78, 5) is 25.0. The number of rotatable bonds is 3. The van der Waals surface area contributed by atoms with Crippen LogP contribution in [0.15, 0.2) is 24.3 Å². The molecule has 0 aliphatic carbocycles. The zero-order chi connectivity index (χ0) is 14.7. The van der Waals surface area contributed by atoms with Crippen LogP contribution in [0.5, 0.6) is 0 Å². The van der Waals surface area contributed by atoms with E-state index in [0.29, 0.717) is 18.9 Å². The maximum Gasteiger partial charge on any atom is 0.326 e. The van der Waals surface area contributed by atoms with Crippen molar-refractivity contribution in [1.82, 2.24) is 5.32 Å². The van der Waals surface area contributed by atoms with Gasteiger partial charge in [-0.15, -0.1) is 0 Å². The number of nitrogens with one attached hydrogen (secondary N) is 1. The molecule has 1 aromatic rings. The summed E-state index contributed by atoms with van der Waals surface area (Å²) < 4.78 is 0. The molecule has 2 atom stereocenters. The number of urea groups is 1. The van der Waals surface area contributed by atoms with Crippen LogP contribution in [0.25, 0.3) is 0 Å². The molecule has 1 aliphatic heterocycles. The van der Waals surface area contributed by atoms with Crippen LogP contribution in [0, 0.1) is 5.92 Å². The van der Waals surface area contributed by atoms with E-state index in [2.05, 4.69) is 12.2 Å². The number of anilines is 1. The molecule has 1 heterocycles. The molecule has 0 fully saturated rings. The van der Waals surface area contributed by atoms with Crippen molar-refractivity contribution in [3.05, 3.63) is 29.8 Å². The van der Waals surface area contributed by atoms with Gasteiger partial charge in [-0.1, -0.05) is 32.0 Å². The molecule has 1 unspecified atom stereocenters. The van der Waals surface area contributed by atoms with Crippen molar-refractivity contribution in [2.24, 2.45) is 5.92 Å². The Morgan fingerprint density at radius 1 is 1.45 bits per heavy atom. The molecule has 0 spiro atoms. The average Bonchev–Trinajstić information content (AvgIpc) is 2.43. The standard InChI is InChI=1S/C15H20N2O3/c1-3-12(14(18)19)16-15(20)17-9-10(2)8-11-6-4-5-7-13(11)17/h4-7,10,12H,3,8-9H2,1-2H3,(H,16,20)(H,18,19)/t10?,12-/m0/s1. The highest BCUT2D eigenvalue weighted by molar-refractivity contribution is 5.95. The van der Waals surface area contributed by atoms with Gasteiger partial charge in [0.25, 0.3) is 0 Å². The van der Waals surface area contributed by atoms with Crippen molar-refractivity contribution in [2.75, 3.05) is 11.4 Å². The fourth-order valence-corrected chi connectivity index (χ4v) is 2.55. The van der Waals surface area contributed by atoms with E-state index in [1.807, 2.05) is 24.3 Å². The van der Waals surface area contributed by atoms with Crippen molar-refractivity contribution in [2.45, 2.75) is 32.7 Å². The Hall–Kier alpha value is -2.04. The summed E-state index contributed by atoms with van der Waals surface area (Å²) in [5, 5.41) is 11.6. The van der Waals surface area contributed by atoms with Crippen LogP contribution in [0.3, 0.4) is 0 Å². The molecule has 0 aromatic heterocycles. The summed E-state index contributed by atoms with van der Waals surface area (Å²) in [6.45, 7) is 4.44. The first-order valence-electron chi connectivity index (χ1n) is 6.91. The van der Waals surface area contributed by atoms with Crippen molar-refractivity contribution in [3.63, 3.8) is 0 Å². The third-order valence-corrected chi connectivity index (χ3v) is 3.59. The van der Waals surface area contributed by atoms with E-state index in [1.165, 1.54) is 0 Å². The molecule has 2 rings (SSSR count). The number of hydrogen-bond donors (Lipinski definition) is 2. The summed E-state index contributed by atoms with van der Waals surface area (Å²) in [6, 6.07) is 6.59. The van der Waals surface area contributed by atoms with Gasteiger partial charge < -0.3 is 10.4 Å². The Morgan fingerprint density at radius 3 is 2.80 bits per heavy atom. The van der Waals surface area contributed by atoms with Crippen molar-refractivity contribution in [3.8, 4) is 0 Å². The van der Waals surface area contributed by atoms with Gasteiger partial charge in [0.2, 0.25) is 0 Å². The summed E-state index contributed by atoms with van der Waals surface area (Å²) in [5.41, 5.74) is 2.01. The molecule has 20 heavy (non-hydrogen) atoms. The fraction of sp³-hybridized carbons (Fsp3) is 0.467. The van der Waals surface area contributed by atoms with Gasteiger partial charge in [0.15, 0.2) is 0 Å². The van der Waals surface area contributed by atoms with E-state index in [4.69, 9.17) is 5.11 Å². The van der Waals surface area contributed by atoms with Gasteiger partial charge in [0, 0.05) is 12.2 Å². The Morgan fingerprint density at radius 2 is 2.15 bits per heavy atom. The second-order valence-electron chi connectivity index (χ2n) is 5.30. The van der Waals surface area contributed by atoms with Gasteiger partial charge in [-0.25, -0.2) is 9.59 Å². The molecule has 0 saturated heterocycles. The van der Waals surface area contributed by atoms with Crippen LogP contribution in [0.2, 0.25) is 0 Å². The van der Waals surface area contributed by atoms with Gasteiger partial charge in [-0.05, 0) is 30.4 Å². The largest absolute Gasteiger partial charge is 0.480 e. The molecule has 1 aromatic carbocycles. The molecule has 2 N–H and O–H groups in total. The lowest BCUT2D eigenvalue weighted by Gasteiger charge is -2.33. The summed E-state index contributed by atoms with van der Waals surface area (Å²) in [6.07, 6.45) is 1.31. The molecular weight excluding hydrogens is 256 g/mol. The number of amides is 2. The van der Waals surface area contributed by atoms with Crippen LogP contribution < -0.4 is 10.2 Å². The van der Waals surface area contributed by atoms with Crippen molar-refractivity contribution >= 4 is 17.7 Å². The minimum absolute atomic E-state index is 0.335. The van der Waals surface area contributed by atoms with E-state index in [1.54, 1.807) is 11.8 Å². The third kappa shape index (κ3) is 2.92. The molecule has 5 heteroatoms. The van der Waals surface area contributed by atoms with E-state index in [-0.39, 0.29) is 6.03 Å². The van der Waals surface area contributed by atoms with Gasteiger partial charge in [0.1, 0.15) is 6.04 Å². The first-order chi connectivity index (χ1) is 9.52. The number of benzene rings is 1. The molecule has 108 valence electrons. The van der Waals surface area contributed by atoms with Crippen molar-refractivity contribution in [1.29, 1.82) is 0 Å². The summed E-state index contributed by atoms with van der Waals surface area (Å²) in [7, 11) is 0. The normalized spacial score (nSPS) is 19.1. The lowest BCUT2D eigenvalue weighted by atomic mass is 9.94. The topological polar surface area (TPSA) is 69.6 Å². The molecular formula is C15H20N2O3. The first kappa shape index (κ1) is 14.4. The number of hydrogen-bond acceptors (Lipinski definition) is 2. The van der Waals surface area contributed by atoms with Crippen LogP contribution in [0.1, 0.15) is 25.8 Å². The minimum Gasteiger partial charge on any atom is -0.480 e. The molecule has 1 aliphatic rings. The number of carboxylic acids is 1. The Balaban J connectivity index is 2.20. The highest BCUT2D eigenvalue weighted by Crippen LogP contribution is 2.29. The lowest BCUT2D eigenvalue weighted by Crippen LogP contribution is -2.50. The maximum atomic E-state index is 12.3. The second-order valence-corrected chi connectivity index (χ2v) is 5.30. The van der Waals surface area contributed by atoms with Crippen LogP contribution in [-0.4, -0.2) is 29.7 Å². The Bertz CT molecular complexity index is 516. The Labute approximate surface area is 118 Å². The van der Waals surface area contributed by atoms with Crippen LogP contribution in [-0.2, 0) is 11.2 Å². The number of para-hydroxylation sites is 1. The number of carbonyl (C=O) groups excluding carboxylic acids is 1. The number of aliphatic carboxylic acids is 1. The number of carbonyl (C=O) groups is 2. The zero-order valence-corrected chi connectivity index (χ0v) is 11.8. The summed E-state index contributed by atoms with van der Waals surface area (Å²) in [5.74, 6) is -0.639.